The second-order valence-corrected chi connectivity index (χ2v) is 9.00. The highest BCUT2D eigenvalue weighted by Crippen LogP contribution is 2.24. The van der Waals surface area contributed by atoms with Crippen LogP contribution in [0.25, 0.3) is 0 Å². The molecule has 0 unspecified atom stereocenters. The summed E-state index contributed by atoms with van der Waals surface area (Å²) < 4.78 is 27.1. The number of carbonyl (C=O) groups excluding carboxylic acids is 1. The topological polar surface area (TPSA) is 82.1 Å². The molecule has 1 atom stereocenters. The van der Waals surface area contributed by atoms with Gasteiger partial charge in [0.1, 0.15) is 11.9 Å². The lowest BCUT2D eigenvalue weighted by Crippen LogP contribution is -2.50. The van der Waals surface area contributed by atoms with E-state index < -0.39 is 16.1 Å². The summed E-state index contributed by atoms with van der Waals surface area (Å²) in [6.07, 6.45) is 0.582. The normalized spacial score (nSPS) is 22.3. The molecule has 1 aromatic rings. The monoisotopic (exact) mass is 378 g/mol. The zero-order chi connectivity index (χ0) is 18.9. The highest BCUT2D eigenvalue weighted by Gasteiger charge is 2.33. The standard InChI is InChI=1S/C18H26N4O3S/c1-13(2)12-15(18(23)22-10-8-21(3)9-11-22)19-17-14-6-4-5-7-16(14)26(24,25)20-17/h4-7,13,15H,8-12H2,1-3H3,(H,19,20)/t15-/m1/s1. The van der Waals surface area contributed by atoms with Crippen molar-refractivity contribution in [3.8, 4) is 0 Å². The van der Waals surface area contributed by atoms with Gasteiger partial charge in [-0.05, 0) is 31.5 Å². The molecule has 1 saturated heterocycles. The van der Waals surface area contributed by atoms with Crippen molar-refractivity contribution in [3.63, 3.8) is 0 Å². The lowest BCUT2D eigenvalue weighted by atomic mass is 10.0. The fourth-order valence-corrected chi connectivity index (χ4v) is 4.52. The summed E-state index contributed by atoms with van der Waals surface area (Å²) in [5, 5.41) is 0. The van der Waals surface area contributed by atoms with Gasteiger partial charge in [0, 0.05) is 31.7 Å². The number of fused-ring (bicyclic) bond motifs is 1. The second-order valence-electron chi connectivity index (χ2n) is 7.35. The molecule has 0 bridgehead atoms. The van der Waals surface area contributed by atoms with Gasteiger partial charge in [-0.15, -0.1) is 0 Å². The molecule has 8 heteroatoms. The van der Waals surface area contributed by atoms with Gasteiger partial charge < -0.3 is 9.80 Å². The van der Waals surface area contributed by atoms with E-state index in [1.54, 1.807) is 24.3 Å². The number of piperazine rings is 1. The van der Waals surface area contributed by atoms with Crippen LogP contribution in [0.2, 0.25) is 0 Å². The number of rotatable bonds is 4. The largest absolute Gasteiger partial charge is 0.338 e. The van der Waals surface area contributed by atoms with Crippen molar-refractivity contribution in [3.05, 3.63) is 29.8 Å². The second kappa shape index (κ2) is 7.36. The first kappa shape index (κ1) is 18.8. The van der Waals surface area contributed by atoms with E-state index in [4.69, 9.17) is 0 Å². The summed E-state index contributed by atoms with van der Waals surface area (Å²) in [5.74, 6) is 0.519. The Labute approximate surface area is 155 Å². The molecule has 1 amide bonds. The van der Waals surface area contributed by atoms with Gasteiger partial charge in [0.05, 0.1) is 4.90 Å². The molecular formula is C18H26N4O3S. The Hall–Kier alpha value is -1.93. The number of nitrogens with zero attached hydrogens (tertiary/aromatic N) is 3. The molecule has 1 fully saturated rings. The van der Waals surface area contributed by atoms with Crippen molar-refractivity contribution in [1.82, 2.24) is 14.5 Å². The number of sulfonamides is 1. The van der Waals surface area contributed by atoms with Crippen LogP contribution in [0.3, 0.4) is 0 Å². The summed E-state index contributed by atoms with van der Waals surface area (Å²) in [5.41, 5.74) is 0.535. The fraction of sp³-hybridized carbons (Fsp3) is 0.556. The van der Waals surface area contributed by atoms with Gasteiger partial charge in [-0.3, -0.25) is 14.5 Å². The third-order valence-electron chi connectivity index (χ3n) is 4.74. The van der Waals surface area contributed by atoms with Gasteiger partial charge in [-0.25, -0.2) is 8.42 Å². The van der Waals surface area contributed by atoms with Crippen molar-refractivity contribution in [2.75, 3.05) is 33.2 Å². The lowest BCUT2D eigenvalue weighted by molar-refractivity contribution is -0.134. The zero-order valence-corrected chi connectivity index (χ0v) is 16.3. The maximum Gasteiger partial charge on any atom is 0.263 e. The molecule has 3 rings (SSSR count). The van der Waals surface area contributed by atoms with E-state index in [2.05, 4.69) is 14.6 Å². The number of nitrogens with one attached hydrogen (secondary N) is 1. The number of amidine groups is 1. The van der Waals surface area contributed by atoms with E-state index in [0.717, 1.165) is 13.1 Å². The first-order valence-electron chi connectivity index (χ1n) is 8.95. The van der Waals surface area contributed by atoms with E-state index in [-0.39, 0.29) is 22.6 Å². The van der Waals surface area contributed by atoms with Crippen LogP contribution in [0.15, 0.2) is 34.2 Å². The van der Waals surface area contributed by atoms with Crippen LogP contribution in [-0.2, 0) is 14.8 Å². The van der Waals surface area contributed by atoms with Crippen LogP contribution in [0.1, 0.15) is 25.8 Å². The quantitative estimate of drug-likeness (QED) is 0.844. The number of benzene rings is 1. The third kappa shape index (κ3) is 3.91. The minimum atomic E-state index is -3.60. The molecule has 2 heterocycles. The predicted octanol–water partition coefficient (Wildman–Crippen LogP) is 0.914. The van der Waals surface area contributed by atoms with E-state index in [1.807, 2.05) is 25.8 Å². The van der Waals surface area contributed by atoms with Gasteiger partial charge in [-0.1, -0.05) is 26.0 Å². The van der Waals surface area contributed by atoms with E-state index in [0.29, 0.717) is 25.1 Å². The van der Waals surface area contributed by atoms with Crippen molar-refractivity contribution in [2.45, 2.75) is 31.2 Å². The van der Waals surface area contributed by atoms with Crippen LogP contribution < -0.4 is 4.72 Å². The van der Waals surface area contributed by atoms with Crippen molar-refractivity contribution >= 4 is 21.8 Å². The van der Waals surface area contributed by atoms with Gasteiger partial charge in [0.15, 0.2) is 0 Å². The maximum absolute atomic E-state index is 13.0. The summed E-state index contributed by atoms with van der Waals surface area (Å²) in [7, 11) is -1.56. The number of likely N-dealkylation sites (N-methyl/N-ethyl adjacent to an activating group) is 1. The number of aliphatic imine (C=N–C) groups is 1. The van der Waals surface area contributed by atoms with Crippen LogP contribution in [0.4, 0.5) is 0 Å². The van der Waals surface area contributed by atoms with Crippen LogP contribution in [0.5, 0.6) is 0 Å². The molecule has 7 nitrogen and oxygen atoms in total. The molecule has 2 aliphatic rings. The van der Waals surface area contributed by atoms with Gasteiger partial charge in [0.2, 0.25) is 5.91 Å². The highest BCUT2D eigenvalue weighted by atomic mass is 32.2. The Bertz CT molecular complexity index is 811. The molecule has 0 radical (unpaired) electrons. The molecule has 2 aliphatic heterocycles. The van der Waals surface area contributed by atoms with Crippen LogP contribution in [0, 0.1) is 5.92 Å². The van der Waals surface area contributed by atoms with Crippen molar-refractivity contribution in [2.24, 2.45) is 10.9 Å². The predicted molar refractivity (Wildman–Crippen MR) is 101 cm³/mol. The van der Waals surface area contributed by atoms with Crippen molar-refractivity contribution in [1.29, 1.82) is 0 Å². The van der Waals surface area contributed by atoms with E-state index >= 15 is 0 Å². The Morgan fingerprint density at radius 1 is 1.19 bits per heavy atom. The fourth-order valence-electron chi connectivity index (χ4n) is 3.28. The summed E-state index contributed by atoms with van der Waals surface area (Å²) >= 11 is 0. The third-order valence-corrected chi connectivity index (χ3v) is 6.14. The highest BCUT2D eigenvalue weighted by molar-refractivity contribution is 7.90. The number of hydrogen-bond donors (Lipinski definition) is 1. The summed E-state index contributed by atoms with van der Waals surface area (Å²) in [6.45, 7) is 7.11. The molecule has 0 aliphatic carbocycles. The average molecular weight is 378 g/mol. The SMILES string of the molecule is CC(C)C[C@@H](N=C1NS(=O)(=O)c2ccccc21)C(=O)N1CCN(C)CC1. The molecule has 1 aromatic carbocycles. The molecular weight excluding hydrogens is 352 g/mol. The zero-order valence-electron chi connectivity index (χ0n) is 15.5. The van der Waals surface area contributed by atoms with Crippen LogP contribution >= 0.6 is 0 Å². The average Bonchev–Trinajstić information content (AvgIpc) is 2.85. The lowest BCUT2D eigenvalue weighted by Gasteiger charge is -2.34. The maximum atomic E-state index is 13.0. The first-order chi connectivity index (χ1) is 12.3. The minimum absolute atomic E-state index is 0.0251. The summed E-state index contributed by atoms with van der Waals surface area (Å²) in [4.78, 5) is 21.8. The van der Waals surface area contributed by atoms with Crippen molar-refractivity contribution < 1.29 is 13.2 Å². The smallest absolute Gasteiger partial charge is 0.263 e. The van der Waals surface area contributed by atoms with Crippen LogP contribution in [-0.4, -0.2) is 69.2 Å². The minimum Gasteiger partial charge on any atom is -0.338 e. The number of amides is 1. The van der Waals surface area contributed by atoms with E-state index in [9.17, 15) is 13.2 Å². The molecule has 26 heavy (non-hydrogen) atoms. The summed E-state index contributed by atoms with van der Waals surface area (Å²) in [6, 6.07) is 6.15. The van der Waals surface area contributed by atoms with Gasteiger partial charge in [-0.2, -0.15) is 0 Å². The Morgan fingerprint density at radius 2 is 1.85 bits per heavy atom. The number of carbonyl (C=O) groups is 1. The Balaban J connectivity index is 1.90. The van der Waals surface area contributed by atoms with E-state index in [1.165, 1.54) is 0 Å². The molecule has 142 valence electrons. The molecule has 0 spiro atoms. The van der Waals surface area contributed by atoms with Gasteiger partial charge in [0.25, 0.3) is 10.0 Å². The molecule has 1 N–H and O–H groups in total. The molecule has 0 aromatic heterocycles. The Morgan fingerprint density at radius 3 is 2.50 bits per heavy atom. The Kier molecular flexibility index (Phi) is 5.34. The molecule has 0 saturated carbocycles. The van der Waals surface area contributed by atoms with Gasteiger partial charge >= 0.3 is 0 Å². The first-order valence-corrected chi connectivity index (χ1v) is 10.4. The number of hydrogen-bond acceptors (Lipinski definition) is 5.